The standard InChI is InChI=1S/C28H31FN2O4/c1-4-34-26-11-6-5-10-24(26)30-27(32)31-14-15-35-25-13-12-21(17-23(25)28(31,2)3)19-33-18-20-8-7-9-22(29)16-20/h5-13,16-17H,4,14-15,18-19H2,1-3H3,(H,30,32). The molecule has 0 bridgehead atoms. The Morgan fingerprint density at radius 1 is 1.06 bits per heavy atom. The molecule has 3 aromatic carbocycles. The van der Waals surface area contributed by atoms with Gasteiger partial charge in [-0.2, -0.15) is 0 Å². The van der Waals surface area contributed by atoms with Gasteiger partial charge >= 0.3 is 6.03 Å². The number of para-hydroxylation sites is 2. The first kappa shape index (κ1) is 24.5. The van der Waals surface area contributed by atoms with Gasteiger partial charge in [-0.05, 0) is 68.3 Å². The Hall–Kier alpha value is -3.58. The van der Waals surface area contributed by atoms with Crippen molar-refractivity contribution in [1.82, 2.24) is 4.90 Å². The predicted molar refractivity (Wildman–Crippen MR) is 133 cm³/mol. The smallest absolute Gasteiger partial charge is 0.322 e. The van der Waals surface area contributed by atoms with Gasteiger partial charge < -0.3 is 24.4 Å². The summed E-state index contributed by atoms with van der Waals surface area (Å²) >= 11 is 0. The summed E-state index contributed by atoms with van der Waals surface area (Å²) in [6.45, 7) is 7.90. The SMILES string of the molecule is CCOc1ccccc1NC(=O)N1CCOc2ccc(COCc3cccc(F)c3)cc2C1(C)C. The zero-order chi connectivity index (χ0) is 24.8. The number of fused-ring (bicyclic) bond motifs is 1. The van der Waals surface area contributed by atoms with Crippen LogP contribution in [0.3, 0.4) is 0 Å². The largest absolute Gasteiger partial charge is 0.492 e. The number of nitrogens with zero attached hydrogens (tertiary/aromatic N) is 1. The van der Waals surface area contributed by atoms with Crippen LogP contribution >= 0.6 is 0 Å². The van der Waals surface area contributed by atoms with Gasteiger partial charge in [-0.15, -0.1) is 0 Å². The number of hydrogen-bond donors (Lipinski definition) is 1. The number of urea groups is 1. The molecule has 0 aliphatic carbocycles. The molecule has 1 aliphatic rings. The number of ether oxygens (including phenoxy) is 3. The maximum Gasteiger partial charge on any atom is 0.322 e. The van der Waals surface area contributed by atoms with Crippen molar-refractivity contribution in [1.29, 1.82) is 0 Å². The number of anilines is 1. The van der Waals surface area contributed by atoms with E-state index in [2.05, 4.69) is 5.32 Å². The Bertz CT molecular complexity index is 1180. The highest BCUT2D eigenvalue weighted by Crippen LogP contribution is 2.38. The molecule has 35 heavy (non-hydrogen) atoms. The van der Waals surface area contributed by atoms with Crippen LogP contribution in [0.2, 0.25) is 0 Å². The van der Waals surface area contributed by atoms with E-state index in [1.165, 1.54) is 12.1 Å². The van der Waals surface area contributed by atoms with Crippen molar-refractivity contribution in [3.05, 3.63) is 89.2 Å². The molecule has 4 rings (SSSR count). The molecule has 2 amide bonds. The van der Waals surface area contributed by atoms with Crippen LogP contribution in [0, 0.1) is 5.82 Å². The zero-order valence-electron chi connectivity index (χ0n) is 20.3. The van der Waals surface area contributed by atoms with Crippen molar-refractivity contribution in [2.24, 2.45) is 0 Å². The average Bonchev–Trinajstić information content (AvgIpc) is 2.96. The summed E-state index contributed by atoms with van der Waals surface area (Å²) in [4.78, 5) is 15.2. The molecular formula is C28H31FN2O4. The van der Waals surface area contributed by atoms with Gasteiger partial charge in [0.05, 0.1) is 37.6 Å². The molecule has 1 N–H and O–H groups in total. The van der Waals surface area contributed by atoms with E-state index >= 15 is 0 Å². The Kier molecular flexibility index (Phi) is 7.56. The van der Waals surface area contributed by atoms with Gasteiger partial charge in [-0.1, -0.05) is 30.3 Å². The normalized spacial score (nSPS) is 14.5. The number of nitrogens with one attached hydrogen (secondary N) is 1. The van der Waals surface area contributed by atoms with E-state index in [9.17, 15) is 9.18 Å². The minimum absolute atomic E-state index is 0.230. The van der Waals surface area contributed by atoms with Crippen LogP contribution in [0.4, 0.5) is 14.9 Å². The molecule has 184 valence electrons. The lowest BCUT2D eigenvalue weighted by Crippen LogP contribution is -2.48. The molecule has 0 radical (unpaired) electrons. The van der Waals surface area contributed by atoms with Gasteiger partial charge in [-0.3, -0.25) is 0 Å². The van der Waals surface area contributed by atoms with E-state index in [4.69, 9.17) is 14.2 Å². The minimum atomic E-state index is -0.644. The fourth-order valence-electron chi connectivity index (χ4n) is 4.25. The molecule has 3 aromatic rings. The predicted octanol–water partition coefficient (Wildman–Crippen LogP) is 6.10. The van der Waals surface area contributed by atoms with Gasteiger partial charge in [-0.25, -0.2) is 9.18 Å². The lowest BCUT2D eigenvalue weighted by Gasteiger charge is -2.37. The maximum absolute atomic E-state index is 13.4. The highest BCUT2D eigenvalue weighted by atomic mass is 19.1. The second kappa shape index (κ2) is 10.8. The van der Waals surface area contributed by atoms with Crippen LogP contribution < -0.4 is 14.8 Å². The third kappa shape index (κ3) is 5.74. The summed E-state index contributed by atoms with van der Waals surface area (Å²) in [6, 6.07) is 19.4. The van der Waals surface area contributed by atoms with Crippen molar-refractivity contribution < 1.29 is 23.4 Å². The highest BCUT2D eigenvalue weighted by molar-refractivity contribution is 5.91. The molecule has 7 heteroatoms. The molecule has 6 nitrogen and oxygen atoms in total. The summed E-state index contributed by atoms with van der Waals surface area (Å²) in [6.07, 6.45) is 0. The van der Waals surface area contributed by atoms with E-state index in [1.807, 2.05) is 69.3 Å². The second-order valence-electron chi connectivity index (χ2n) is 8.87. The second-order valence-corrected chi connectivity index (χ2v) is 8.87. The molecule has 1 aliphatic heterocycles. The lowest BCUT2D eigenvalue weighted by molar-refractivity contribution is 0.106. The molecule has 0 unspecified atom stereocenters. The monoisotopic (exact) mass is 478 g/mol. The Morgan fingerprint density at radius 2 is 1.83 bits per heavy atom. The molecule has 0 spiro atoms. The van der Waals surface area contributed by atoms with Gasteiger partial charge in [0, 0.05) is 5.56 Å². The Morgan fingerprint density at radius 3 is 2.60 bits per heavy atom. The van der Waals surface area contributed by atoms with Gasteiger partial charge in [0.2, 0.25) is 0 Å². The van der Waals surface area contributed by atoms with Gasteiger partial charge in [0.1, 0.15) is 23.9 Å². The van der Waals surface area contributed by atoms with Crippen molar-refractivity contribution in [3.63, 3.8) is 0 Å². The van der Waals surface area contributed by atoms with Crippen LogP contribution in [0.15, 0.2) is 66.7 Å². The van der Waals surface area contributed by atoms with E-state index in [0.717, 1.165) is 22.4 Å². The molecule has 0 atom stereocenters. The third-order valence-corrected chi connectivity index (χ3v) is 6.05. The van der Waals surface area contributed by atoms with Crippen LogP contribution in [0.5, 0.6) is 11.5 Å². The van der Waals surface area contributed by atoms with E-state index in [1.54, 1.807) is 11.0 Å². The van der Waals surface area contributed by atoms with Crippen molar-refractivity contribution in [2.75, 3.05) is 25.1 Å². The van der Waals surface area contributed by atoms with Gasteiger partial charge in [0.15, 0.2) is 0 Å². The fraction of sp³-hybridized carbons (Fsp3) is 0.321. The molecular weight excluding hydrogens is 447 g/mol. The maximum atomic E-state index is 13.4. The Balaban J connectivity index is 1.50. The minimum Gasteiger partial charge on any atom is -0.492 e. The topological polar surface area (TPSA) is 60.0 Å². The number of hydrogen-bond acceptors (Lipinski definition) is 4. The number of halogens is 1. The first-order valence-corrected chi connectivity index (χ1v) is 11.8. The molecule has 0 fully saturated rings. The Labute approximate surface area is 205 Å². The molecule has 0 saturated heterocycles. The van der Waals surface area contributed by atoms with Gasteiger partial charge in [0.25, 0.3) is 0 Å². The number of rotatable bonds is 7. The first-order valence-electron chi connectivity index (χ1n) is 11.8. The summed E-state index contributed by atoms with van der Waals surface area (Å²) in [5.74, 6) is 1.09. The number of amides is 2. The van der Waals surface area contributed by atoms with Crippen LogP contribution in [0.1, 0.15) is 37.5 Å². The first-order chi connectivity index (χ1) is 16.9. The van der Waals surface area contributed by atoms with Crippen LogP contribution in [-0.4, -0.2) is 30.7 Å². The van der Waals surface area contributed by atoms with Crippen molar-refractivity contribution >= 4 is 11.7 Å². The quantitative estimate of drug-likeness (QED) is 0.446. The van der Waals surface area contributed by atoms with E-state index < -0.39 is 5.54 Å². The zero-order valence-corrected chi connectivity index (χ0v) is 20.3. The van der Waals surface area contributed by atoms with Crippen LogP contribution in [0.25, 0.3) is 0 Å². The fourth-order valence-corrected chi connectivity index (χ4v) is 4.25. The van der Waals surface area contributed by atoms with E-state index in [-0.39, 0.29) is 11.8 Å². The summed E-state index contributed by atoms with van der Waals surface area (Å²) in [5, 5.41) is 3.00. The molecule has 1 heterocycles. The van der Waals surface area contributed by atoms with E-state index in [0.29, 0.717) is 44.4 Å². The summed E-state index contributed by atoms with van der Waals surface area (Å²) in [5.41, 5.74) is 2.60. The van der Waals surface area contributed by atoms with Crippen molar-refractivity contribution in [2.45, 2.75) is 39.5 Å². The molecule has 0 saturated carbocycles. The number of benzene rings is 3. The summed E-state index contributed by atoms with van der Waals surface area (Å²) < 4.78 is 30.9. The average molecular weight is 479 g/mol. The van der Waals surface area contributed by atoms with Crippen molar-refractivity contribution in [3.8, 4) is 11.5 Å². The summed E-state index contributed by atoms with van der Waals surface area (Å²) in [7, 11) is 0. The number of carbonyl (C=O) groups excluding carboxylic acids is 1. The third-order valence-electron chi connectivity index (χ3n) is 6.05. The molecule has 0 aromatic heterocycles. The lowest BCUT2D eigenvalue weighted by atomic mass is 9.90. The highest BCUT2D eigenvalue weighted by Gasteiger charge is 2.37. The number of carbonyl (C=O) groups is 1. The van der Waals surface area contributed by atoms with Crippen LogP contribution in [-0.2, 0) is 23.5 Å².